The molecule has 2 aromatic rings. The molecular formula is C14H16N2O4. The summed E-state index contributed by atoms with van der Waals surface area (Å²) in [6.45, 7) is 6.91. The van der Waals surface area contributed by atoms with E-state index in [1.807, 2.05) is 0 Å². The molecule has 0 aromatic carbocycles. The highest BCUT2D eigenvalue weighted by Crippen LogP contribution is 2.24. The molecule has 2 rings (SSSR count). The van der Waals surface area contributed by atoms with Crippen LogP contribution in [0.1, 0.15) is 43.5 Å². The molecule has 6 nitrogen and oxygen atoms in total. The van der Waals surface area contributed by atoms with Crippen LogP contribution in [-0.2, 0) is 0 Å². The topological polar surface area (TPSA) is 95.3 Å². The molecule has 0 spiro atoms. The molecule has 2 heterocycles. The van der Waals surface area contributed by atoms with Crippen molar-refractivity contribution in [2.75, 3.05) is 5.32 Å². The van der Waals surface area contributed by atoms with Crippen LogP contribution in [-0.4, -0.2) is 22.0 Å². The van der Waals surface area contributed by atoms with Crippen LogP contribution in [0.5, 0.6) is 0 Å². The molecule has 1 amide bonds. The average molecular weight is 276 g/mol. The number of hydrogen-bond acceptors (Lipinski definition) is 3. The van der Waals surface area contributed by atoms with Crippen LogP contribution in [0.4, 0.5) is 5.69 Å². The van der Waals surface area contributed by atoms with Gasteiger partial charge in [0.2, 0.25) is 0 Å². The van der Waals surface area contributed by atoms with Crippen molar-refractivity contribution in [3.63, 3.8) is 0 Å². The molecule has 3 N–H and O–H groups in total. The Morgan fingerprint density at radius 2 is 1.80 bits per heavy atom. The van der Waals surface area contributed by atoms with E-state index in [0.29, 0.717) is 22.8 Å². The van der Waals surface area contributed by atoms with Gasteiger partial charge in [0, 0.05) is 17.5 Å². The maximum Gasteiger partial charge on any atom is 0.339 e. The number of aromatic amines is 1. The molecule has 20 heavy (non-hydrogen) atoms. The summed E-state index contributed by atoms with van der Waals surface area (Å²) < 4.78 is 5.40. The number of rotatable bonds is 3. The lowest BCUT2D eigenvalue weighted by molar-refractivity contribution is 0.0697. The van der Waals surface area contributed by atoms with Crippen LogP contribution in [0.3, 0.4) is 0 Å². The number of H-pyrrole nitrogens is 1. The van der Waals surface area contributed by atoms with Gasteiger partial charge >= 0.3 is 5.97 Å². The number of aromatic carboxylic acids is 1. The van der Waals surface area contributed by atoms with Crippen molar-refractivity contribution >= 4 is 17.6 Å². The highest BCUT2D eigenvalue weighted by Gasteiger charge is 2.22. The Bertz CT molecular complexity index is 694. The summed E-state index contributed by atoms with van der Waals surface area (Å²) in [5, 5.41) is 11.8. The van der Waals surface area contributed by atoms with Crippen molar-refractivity contribution in [3.8, 4) is 0 Å². The van der Waals surface area contributed by atoms with E-state index in [1.54, 1.807) is 27.7 Å². The van der Waals surface area contributed by atoms with Gasteiger partial charge in [0.05, 0.1) is 11.3 Å². The molecule has 0 atom stereocenters. The van der Waals surface area contributed by atoms with Gasteiger partial charge in [-0.2, -0.15) is 0 Å². The predicted molar refractivity (Wildman–Crippen MR) is 73.4 cm³/mol. The Hall–Kier alpha value is -2.50. The van der Waals surface area contributed by atoms with E-state index < -0.39 is 5.97 Å². The minimum Gasteiger partial charge on any atom is -0.478 e. The SMILES string of the molecule is Cc1[nH]cc(NC(=O)c2c(C)oc(C)c2C)c1C(=O)O. The summed E-state index contributed by atoms with van der Waals surface area (Å²) in [7, 11) is 0. The van der Waals surface area contributed by atoms with Crippen molar-refractivity contribution in [2.45, 2.75) is 27.7 Å². The summed E-state index contributed by atoms with van der Waals surface area (Å²) in [5.41, 5.74) is 2.00. The van der Waals surface area contributed by atoms with Gasteiger partial charge in [-0.15, -0.1) is 0 Å². The first-order chi connectivity index (χ1) is 9.32. The number of anilines is 1. The van der Waals surface area contributed by atoms with Crippen LogP contribution in [0.25, 0.3) is 0 Å². The van der Waals surface area contributed by atoms with Gasteiger partial charge in [0.1, 0.15) is 17.1 Å². The number of nitrogens with one attached hydrogen (secondary N) is 2. The van der Waals surface area contributed by atoms with Crippen molar-refractivity contribution in [1.82, 2.24) is 4.98 Å². The summed E-state index contributed by atoms with van der Waals surface area (Å²) in [6, 6.07) is 0. The van der Waals surface area contributed by atoms with Gasteiger partial charge in [-0.25, -0.2) is 4.79 Å². The second kappa shape index (κ2) is 4.88. The van der Waals surface area contributed by atoms with Crippen molar-refractivity contribution in [3.05, 3.63) is 40.1 Å². The molecule has 0 aliphatic rings. The van der Waals surface area contributed by atoms with E-state index in [0.717, 1.165) is 5.56 Å². The molecule has 0 aliphatic heterocycles. The molecule has 0 bridgehead atoms. The smallest absolute Gasteiger partial charge is 0.339 e. The van der Waals surface area contributed by atoms with Gasteiger partial charge < -0.3 is 19.8 Å². The first-order valence-electron chi connectivity index (χ1n) is 6.12. The fraction of sp³-hybridized carbons (Fsp3) is 0.286. The second-order valence-electron chi connectivity index (χ2n) is 4.68. The first kappa shape index (κ1) is 13.9. The third-order valence-corrected chi connectivity index (χ3v) is 3.33. The van der Waals surface area contributed by atoms with Gasteiger partial charge in [-0.3, -0.25) is 4.79 Å². The molecule has 0 fully saturated rings. The zero-order chi connectivity index (χ0) is 15.0. The number of furan rings is 1. The van der Waals surface area contributed by atoms with Crippen LogP contribution in [0.2, 0.25) is 0 Å². The molecule has 0 aliphatic carbocycles. The molecule has 2 aromatic heterocycles. The lowest BCUT2D eigenvalue weighted by atomic mass is 10.1. The zero-order valence-electron chi connectivity index (χ0n) is 11.7. The Labute approximate surface area is 115 Å². The molecule has 0 saturated heterocycles. The van der Waals surface area contributed by atoms with Crippen molar-refractivity contribution in [2.24, 2.45) is 0 Å². The van der Waals surface area contributed by atoms with Gasteiger partial charge in [-0.05, 0) is 27.7 Å². The number of carbonyl (C=O) groups excluding carboxylic acids is 1. The maximum absolute atomic E-state index is 12.3. The summed E-state index contributed by atoms with van der Waals surface area (Å²) in [4.78, 5) is 26.2. The minimum absolute atomic E-state index is 0.0638. The zero-order valence-corrected chi connectivity index (χ0v) is 11.7. The van der Waals surface area contributed by atoms with Crippen LogP contribution < -0.4 is 5.32 Å². The summed E-state index contributed by atoms with van der Waals surface area (Å²) in [6.07, 6.45) is 1.47. The standard InChI is InChI=1S/C14H16N2O4/c1-6-8(3)20-9(4)11(6)13(17)16-10-5-15-7(2)12(10)14(18)19/h5,15H,1-4H3,(H,16,17)(H,18,19). The van der Waals surface area contributed by atoms with E-state index in [2.05, 4.69) is 10.3 Å². The summed E-state index contributed by atoms with van der Waals surface area (Å²) in [5.74, 6) is -0.271. The number of hydrogen-bond donors (Lipinski definition) is 3. The van der Waals surface area contributed by atoms with Crippen LogP contribution in [0.15, 0.2) is 10.6 Å². The number of aryl methyl sites for hydroxylation is 3. The second-order valence-corrected chi connectivity index (χ2v) is 4.68. The number of aromatic nitrogens is 1. The number of amides is 1. The molecule has 106 valence electrons. The molecular weight excluding hydrogens is 260 g/mol. The number of carbonyl (C=O) groups is 2. The quantitative estimate of drug-likeness (QED) is 0.803. The van der Waals surface area contributed by atoms with Crippen molar-refractivity contribution < 1.29 is 19.1 Å². The highest BCUT2D eigenvalue weighted by atomic mass is 16.4. The number of carboxylic acids is 1. The van der Waals surface area contributed by atoms with Gasteiger partial charge in [0.25, 0.3) is 5.91 Å². The molecule has 0 unspecified atom stereocenters. The van der Waals surface area contributed by atoms with E-state index in [9.17, 15) is 9.59 Å². The van der Waals surface area contributed by atoms with Crippen LogP contribution >= 0.6 is 0 Å². The van der Waals surface area contributed by atoms with E-state index >= 15 is 0 Å². The highest BCUT2D eigenvalue weighted by molar-refractivity contribution is 6.09. The Balaban J connectivity index is 2.36. The van der Waals surface area contributed by atoms with E-state index in [-0.39, 0.29) is 17.2 Å². The first-order valence-corrected chi connectivity index (χ1v) is 6.12. The molecule has 0 radical (unpaired) electrons. The fourth-order valence-electron chi connectivity index (χ4n) is 2.21. The number of carboxylic acid groups (broad SMARTS) is 1. The Morgan fingerprint density at radius 1 is 1.15 bits per heavy atom. The Kier molecular flexibility index (Phi) is 3.40. The van der Waals surface area contributed by atoms with E-state index in [4.69, 9.17) is 9.52 Å². The molecule has 0 saturated carbocycles. The lowest BCUT2D eigenvalue weighted by Crippen LogP contribution is -2.15. The molecule has 6 heteroatoms. The Morgan fingerprint density at radius 3 is 2.30 bits per heavy atom. The minimum atomic E-state index is -1.09. The van der Waals surface area contributed by atoms with Crippen LogP contribution in [0, 0.1) is 27.7 Å². The third kappa shape index (κ3) is 2.20. The third-order valence-electron chi connectivity index (χ3n) is 3.33. The van der Waals surface area contributed by atoms with E-state index in [1.165, 1.54) is 6.20 Å². The normalized spacial score (nSPS) is 10.6. The predicted octanol–water partition coefficient (Wildman–Crippen LogP) is 2.79. The lowest BCUT2D eigenvalue weighted by Gasteiger charge is -2.05. The fourth-order valence-corrected chi connectivity index (χ4v) is 2.21. The average Bonchev–Trinajstić information content (AvgIpc) is 2.81. The van der Waals surface area contributed by atoms with Gasteiger partial charge in [-0.1, -0.05) is 0 Å². The monoisotopic (exact) mass is 276 g/mol. The summed E-state index contributed by atoms with van der Waals surface area (Å²) >= 11 is 0. The van der Waals surface area contributed by atoms with Gasteiger partial charge in [0.15, 0.2) is 0 Å². The van der Waals surface area contributed by atoms with Crippen molar-refractivity contribution in [1.29, 1.82) is 0 Å². The maximum atomic E-state index is 12.3. The largest absolute Gasteiger partial charge is 0.478 e.